The van der Waals surface area contributed by atoms with Gasteiger partial charge in [-0.3, -0.25) is 4.79 Å². The Morgan fingerprint density at radius 1 is 1.09 bits per heavy atom. The number of esters is 1. The van der Waals surface area contributed by atoms with Crippen LogP contribution in [0.1, 0.15) is 52.4 Å². The minimum atomic E-state index is -0.0925. The van der Waals surface area contributed by atoms with Gasteiger partial charge in [0.05, 0.1) is 12.5 Å². The summed E-state index contributed by atoms with van der Waals surface area (Å²) in [6.07, 6.45) is 11.0. The average molecular weight is 316 g/mol. The summed E-state index contributed by atoms with van der Waals surface area (Å²) in [5, 5.41) is 0. The summed E-state index contributed by atoms with van der Waals surface area (Å²) in [5.74, 6) is 1.98. The average Bonchev–Trinajstić information content (AvgIpc) is 2.58. The minimum absolute atomic E-state index is 0.0393. The zero-order valence-corrected chi connectivity index (χ0v) is 14.3. The van der Waals surface area contributed by atoms with Crippen molar-refractivity contribution < 1.29 is 14.3 Å². The molecule has 0 unspecified atom stereocenters. The second-order valence-corrected chi connectivity index (χ2v) is 6.15. The Hall–Kier alpha value is -1.77. The molecule has 1 aliphatic carbocycles. The van der Waals surface area contributed by atoms with Gasteiger partial charge in [0.15, 0.2) is 0 Å². The molecule has 3 heteroatoms. The Bertz CT molecular complexity index is 496. The second kappa shape index (κ2) is 9.39. The van der Waals surface area contributed by atoms with Crippen LogP contribution in [0.5, 0.6) is 11.5 Å². The van der Waals surface area contributed by atoms with Gasteiger partial charge in [-0.15, -0.1) is 0 Å². The first kappa shape index (κ1) is 17.6. The van der Waals surface area contributed by atoms with Crippen LogP contribution in [0.25, 0.3) is 0 Å². The van der Waals surface area contributed by atoms with Crippen LogP contribution >= 0.6 is 0 Å². The van der Waals surface area contributed by atoms with Crippen LogP contribution < -0.4 is 9.47 Å². The maximum atomic E-state index is 12.3. The summed E-state index contributed by atoms with van der Waals surface area (Å²) in [6.45, 7) is 4.77. The predicted molar refractivity (Wildman–Crippen MR) is 92.7 cm³/mol. The number of ether oxygens (including phenoxy) is 2. The van der Waals surface area contributed by atoms with Crippen LogP contribution in [0.15, 0.2) is 36.4 Å². The lowest BCUT2D eigenvalue weighted by atomic mass is 9.82. The summed E-state index contributed by atoms with van der Waals surface area (Å²) >= 11 is 0. The van der Waals surface area contributed by atoms with E-state index in [1.807, 2.05) is 19.1 Å². The smallest absolute Gasteiger partial charge is 0.314 e. The molecule has 0 aliphatic heterocycles. The number of unbranched alkanes of at least 4 members (excludes halogenated alkanes) is 1. The van der Waals surface area contributed by atoms with Gasteiger partial charge >= 0.3 is 5.97 Å². The molecule has 0 radical (unpaired) electrons. The topological polar surface area (TPSA) is 35.5 Å². The summed E-state index contributed by atoms with van der Waals surface area (Å²) < 4.78 is 10.9. The molecule has 0 atom stereocenters. The Kier molecular flexibility index (Phi) is 7.18. The fourth-order valence-corrected chi connectivity index (χ4v) is 2.97. The van der Waals surface area contributed by atoms with Crippen LogP contribution in [-0.4, -0.2) is 12.6 Å². The predicted octanol–water partition coefficient (Wildman–Crippen LogP) is 5.15. The van der Waals surface area contributed by atoms with Crippen molar-refractivity contribution in [3.05, 3.63) is 36.4 Å². The van der Waals surface area contributed by atoms with E-state index < -0.39 is 0 Å². The van der Waals surface area contributed by atoms with Gasteiger partial charge < -0.3 is 9.47 Å². The molecule has 2 rings (SSSR count). The van der Waals surface area contributed by atoms with E-state index >= 15 is 0 Å². The summed E-state index contributed by atoms with van der Waals surface area (Å²) in [6, 6.07) is 7.26. The van der Waals surface area contributed by atoms with Crippen molar-refractivity contribution in [3.8, 4) is 11.5 Å². The molecule has 1 fully saturated rings. The van der Waals surface area contributed by atoms with Gasteiger partial charge in [0.1, 0.15) is 11.5 Å². The quantitative estimate of drug-likeness (QED) is 0.396. The first-order valence-corrected chi connectivity index (χ1v) is 8.84. The fourth-order valence-electron chi connectivity index (χ4n) is 2.97. The highest BCUT2D eigenvalue weighted by molar-refractivity contribution is 5.75. The van der Waals surface area contributed by atoms with Gasteiger partial charge in [0.25, 0.3) is 0 Å². The molecular formula is C20H28O3. The van der Waals surface area contributed by atoms with E-state index in [0.717, 1.165) is 37.9 Å². The summed E-state index contributed by atoms with van der Waals surface area (Å²) in [4.78, 5) is 12.3. The van der Waals surface area contributed by atoms with Crippen molar-refractivity contribution in [1.29, 1.82) is 0 Å². The zero-order chi connectivity index (χ0) is 16.5. The van der Waals surface area contributed by atoms with Crippen LogP contribution in [-0.2, 0) is 4.79 Å². The van der Waals surface area contributed by atoms with Crippen LogP contribution in [0.3, 0.4) is 0 Å². The minimum Gasteiger partial charge on any atom is -0.494 e. The first-order valence-electron chi connectivity index (χ1n) is 8.84. The molecule has 0 N–H and O–H groups in total. The van der Waals surface area contributed by atoms with Crippen molar-refractivity contribution in [2.24, 2.45) is 11.8 Å². The molecule has 1 aromatic rings. The molecule has 23 heavy (non-hydrogen) atoms. The maximum absolute atomic E-state index is 12.3. The lowest BCUT2D eigenvalue weighted by molar-refractivity contribution is -0.140. The Morgan fingerprint density at radius 2 is 1.74 bits per heavy atom. The van der Waals surface area contributed by atoms with Gasteiger partial charge in [0, 0.05) is 0 Å². The highest BCUT2D eigenvalue weighted by Crippen LogP contribution is 2.31. The van der Waals surface area contributed by atoms with E-state index in [1.165, 1.54) is 6.42 Å². The number of rotatable bonds is 7. The Labute approximate surface area is 139 Å². The molecule has 1 saturated carbocycles. The normalized spacial score (nSPS) is 21.3. The standard InChI is InChI=1S/C20H28O3/c1-3-5-6-7-16-8-10-17(11-9-16)20(21)23-19-14-12-18(13-15-19)22-4-2/h6-7,12-17H,3-5,8-11H2,1-2H3. The van der Waals surface area contributed by atoms with E-state index in [1.54, 1.807) is 12.1 Å². The molecule has 3 nitrogen and oxygen atoms in total. The Balaban J connectivity index is 1.78. The fraction of sp³-hybridized carbons (Fsp3) is 0.550. The summed E-state index contributed by atoms with van der Waals surface area (Å²) in [5.41, 5.74) is 0. The molecule has 0 bridgehead atoms. The van der Waals surface area contributed by atoms with Gasteiger partial charge in [-0.05, 0) is 69.2 Å². The molecule has 126 valence electrons. The lowest BCUT2D eigenvalue weighted by Crippen LogP contribution is -2.25. The first-order chi connectivity index (χ1) is 11.2. The summed E-state index contributed by atoms with van der Waals surface area (Å²) in [7, 11) is 0. The van der Waals surface area contributed by atoms with Crippen molar-refractivity contribution in [2.45, 2.75) is 52.4 Å². The highest BCUT2D eigenvalue weighted by Gasteiger charge is 2.26. The van der Waals surface area contributed by atoms with Crippen LogP contribution in [0.2, 0.25) is 0 Å². The van der Waals surface area contributed by atoms with Crippen molar-refractivity contribution >= 4 is 5.97 Å². The van der Waals surface area contributed by atoms with E-state index in [-0.39, 0.29) is 11.9 Å². The molecule has 0 spiro atoms. The number of carbonyl (C=O) groups excluding carboxylic acids is 1. The monoisotopic (exact) mass is 316 g/mol. The molecular weight excluding hydrogens is 288 g/mol. The van der Waals surface area contributed by atoms with Crippen LogP contribution in [0, 0.1) is 11.8 Å². The van der Waals surface area contributed by atoms with Crippen molar-refractivity contribution in [3.63, 3.8) is 0 Å². The SMILES string of the molecule is CCCC=CC1CCC(C(=O)Oc2ccc(OCC)cc2)CC1. The van der Waals surface area contributed by atoms with E-state index in [4.69, 9.17) is 9.47 Å². The number of allylic oxidation sites excluding steroid dienone is 2. The van der Waals surface area contributed by atoms with Crippen molar-refractivity contribution in [1.82, 2.24) is 0 Å². The van der Waals surface area contributed by atoms with Gasteiger partial charge in [0.2, 0.25) is 0 Å². The molecule has 0 aromatic heterocycles. The van der Waals surface area contributed by atoms with Gasteiger partial charge in [-0.25, -0.2) is 0 Å². The van der Waals surface area contributed by atoms with Crippen LogP contribution in [0.4, 0.5) is 0 Å². The molecule has 1 aliphatic rings. The molecule has 1 aromatic carbocycles. The number of hydrogen-bond donors (Lipinski definition) is 0. The third kappa shape index (κ3) is 5.74. The third-order valence-electron chi connectivity index (χ3n) is 4.32. The Morgan fingerprint density at radius 3 is 2.35 bits per heavy atom. The lowest BCUT2D eigenvalue weighted by Gasteiger charge is -2.25. The van der Waals surface area contributed by atoms with Gasteiger partial charge in [-0.1, -0.05) is 25.5 Å². The van der Waals surface area contributed by atoms with E-state index in [0.29, 0.717) is 18.3 Å². The molecule has 0 saturated heterocycles. The molecule has 0 heterocycles. The zero-order valence-electron chi connectivity index (χ0n) is 14.3. The van der Waals surface area contributed by atoms with Crippen molar-refractivity contribution in [2.75, 3.05) is 6.61 Å². The number of benzene rings is 1. The van der Waals surface area contributed by atoms with E-state index in [9.17, 15) is 4.79 Å². The molecule has 0 amide bonds. The van der Waals surface area contributed by atoms with Gasteiger partial charge in [-0.2, -0.15) is 0 Å². The third-order valence-corrected chi connectivity index (χ3v) is 4.32. The highest BCUT2D eigenvalue weighted by atomic mass is 16.5. The second-order valence-electron chi connectivity index (χ2n) is 6.15. The number of carbonyl (C=O) groups is 1. The van der Waals surface area contributed by atoms with E-state index in [2.05, 4.69) is 19.1 Å². The largest absolute Gasteiger partial charge is 0.494 e. The number of hydrogen-bond acceptors (Lipinski definition) is 3. The maximum Gasteiger partial charge on any atom is 0.314 e.